The van der Waals surface area contributed by atoms with Crippen molar-refractivity contribution in [2.75, 3.05) is 18.6 Å². The number of carboxylic acids is 1. The second-order valence-electron chi connectivity index (χ2n) is 11.4. The van der Waals surface area contributed by atoms with Gasteiger partial charge in [0.15, 0.2) is 0 Å². The van der Waals surface area contributed by atoms with Gasteiger partial charge in [-0.25, -0.2) is 13.4 Å². The van der Waals surface area contributed by atoms with Crippen LogP contribution in [0.2, 0.25) is 0 Å². The summed E-state index contributed by atoms with van der Waals surface area (Å²) >= 11 is 0. The lowest BCUT2D eigenvalue weighted by Crippen LogP contribution is -2.20. The van der Waals surface area contributed by atoms with Crippen molar-refractivity contribution in [3.8, 4) is 17.0 Å². The summed E-state index contributed by atoms with van der Waals surface area (Å²) in [7, 11) is -3.01. The fourth-order valence-corrected chi connectivity index (χ4v) is 7.37. The van der Waals surface area contributed by atoms with E-state index < -0.39 is 15.8 Å². The van der Waals surface area contributed by atoms with Gasteiger partial charge in [0.2, 0.25) is 5.88 Å². The van der Waals surface area contributed by atoms with E-state index in [2.05, 4.69) is 43.1 Å². The van der Waals surface area contributed by atoms with Crippen molar-refractivity contribution in [1.82, 2.24) is 4.98 Å². The monoisotopic (exact) mass is 551 g/mol. The van der Waals surface area contributed by atoms with Crippen molar-refractivity contribution in [2.45, 2.75) is 47.1 Å². The van der Waals surface area contributed by atoms with Gasteiger partial charge in [0, 0.05) is 23.6 Å². The molecular formula is C31H37NO6S. The highest BCUT2D eigenvalue weighted by Gasteiger charge is 2.64. The van der Waals surface area contributed by atoms with Crippen LogP contribution in [0.1, 0.15) is 42.1 Å². The third kappa shape index (κ3) is 5.62. The molecule has 5 atom stereocenters. The Morgan fingerprint density at radius 3 is 2.64 bits per heavy atom. The third-order valence-corrected chi connectivity index (χ3v) is 9.57. The minimum Gasteiger partial charge on any atom is -0.489 e. The van der Waals surface area contributed by atoms with Crippen LogP contribution in [0, 0.1) is 50.4 Å². The number of carboxylic acid groups (broad SMARTS) is 1. The van der Waals surface area contributed by atoms with E-state index >= 15 is 0 Å². The Balaban J connectivity index is 1.27. The quantitative estimate of drug-likeness (QED) is 0.393. The zero-order valence-corrected chi connectivity index (χ0v) is 24.0. The number of sulfone groups is 1. The standard InChI is InChI=1S/C31H37NO6S/c1-17-12-23(14-22-15-25-29(28(17)22)30(25)31(33)34)38-16-21-8-6-9-24(19(21)3)27-18(2)13-26(32-20(27)4)37-10-7-11-39(5,35)36/h6,8-9,12-14,17,25,28-30H,7,10-11,15-16H2,1-5H3,(H,33,34). The van der Waals surface area contributed by atoms with Crippen LogP contribution in [0.15, 0.2) is 47.7 Å². The van der Waals surface area contributed by atoms with Crippen molar-refractivity contribution in [1.29, 1.82) is 0 Å². The minimum absolute atomic E-state index is 0.0941. The molecule has 39 heavy (non-hydrogen) atoms. The molecule has 2 fully saturated rings. The van der Waals surface area contributed by atoms with Gasteiger partial charge >= 0.3 is 5.97 Å². The van der Waals surface area contributed by atoms with Crippen molar-refractivity contribution in [2.24, 2.45) is 29.6 Å². The molecule has 2 aromatic rings. The summed E-state index contributed by atoms with van der Waals surface area (Å²) in [5, 5.41) is 9.46. The summed E-state index contributed by atoms with van der Waals surface area (Å²) in [6.07, 6.45) is 6.82. The summed E-state index contributed by atoms with van der Waals surface area (Å²) in [6.45, 7) is 9.02. The lowest BCUT2D eigenvalue weighted by atomic mass is 9.80. The van der Waals surface area contributed by atoms with Crippen molar-refractivity contribution in [3.05, 3.63) is 70.1 Å². The van der Waals surface area contributed by atoms with Gasteiger partial charge in [0.1, 0.15) is 22.2 Å². The first kappa shape index (κ1) is 27.4. The Hall–Kier alpha value is -3.13. The maximum absolute atomic E-state index is 11.5. The van der Waals surface area contributed by atoms with Crippen LogP contribution in [0.3, 0.4) is 0 Å². The smallest absolute Gasteiger partial charge is 0.307 e. The highest BCUT2D eigenvalue weighted by atomic mass is 32.2. The number of nitrogens with zero attached hydrogens (tertiary/aromatic N) is 1. The largest absolute Gasteiger partial charge is 0.489 e. The molecule has 2 saturated carbocycles. The zero-order chi connectivity index (χ0) is 28.1. The van der Waals surface area contributed by atoms with E-state index in [0.29, 0.717) is 31.4 Å². The van der Waals surface area contributed by atoms with Gasteiger partial charge < -0.3 is 14.6 Å². The van der Waals surface area contributed by atoms with E-state index in [1.807, 2.05) is 26.0 Å². The molecule has 0 aliphatic heterocycles. The van der Waals surface area contributed by atoms with Gasteiger partial charge in [0.05, 0.1) is 18.3 Å². The summed E-state index contributed by atoms with van der Waals surface area (Å²) in [5.74, 6) is 1.83. The first-order valence-corrected chi connectivity index (χ1v) is 15.7. The number of benzene rings is 1. The molecule has 0 spiro atoms. The van der Waals surface area contributed by atoms with Crippen LogP contribution in [0.25, 0.3) is 11.1 Å². The molecule has 3 aliphatic carbocycles. The van der Waals surface area contributed by atoms with Gasteiger partial charge in [-0.2, -0.15) is 0 Å². The molecule has 0 amide bonds. The molecule has 0 saturated heterocycles. The molecule has 1 aromatic heterocycles. The second-order valence-corrected chi connectivity index (χ2v) is 13.7. The maximum Gasteiger partial charge on any atom is 0.307 e. The Morgan fingerprint density at radius 1 is 1.18 bits per heavy atom. The lowest BCUT2D eigenvalue weighted by Gasteiger charge is -2.27. The normalized spacial score (nSPS) is 25.3. The molecule has 5 rings (SSSR count). The van der Waals surface area contributed by atoms with Crippen molar-refractivity contribution >= 4 is 15.8 Å². The van der Waals surface area contributed by atoms with E-state index in [1.165, 1.54) is 11.8 Å². The Morgan fingerprint density at radius 2 is 1.95 bits per heavy atom. The summed E-state index contributed by atoms with van der Waals surface area (Å²) in [5.41, 5.74) is 7.63. The zero-order valence-electron chi connectivity index (χ0n) is 23.2. The average Bonchev–Trinajstić information content (AvgIpc) is 3.41. The van der Waals surface area contributed by atoms with E-state index in [-0.39, 0.29) is 29.4 Å². The average molecular weight is 552 g/mol. The highest BCUT2D eigenvalue weighted by molar-refractivity contribution is 7.90. The number of allylic oxidation sites excluding steroid dienone is 3. The van der Waals surface area contributed by atoms with Gasteiger partial charge in [-0.1, -0.05) is 30.7 Å². The molecule has 1 aromatic carbocycles. The Labute approximate surface area is 230 Å². The predicted octanol–water partition coefficient (Wildman–Crippen LogP) is 5.43. The van der Waals surface area contributed by atoms with E-state index in [1.54, 1.807) is 0 Å². The van der Waals surface area contributed by atoms with Gasteiger partial charge in [-0.15, -0.1) is 0 Å². The van der Waals surface area contributed by atoms with E-state index in [0.717, 1.165) is 45.7 Å². The molecule has 1 heterocycles. The highest BCUT2D eigenvalue weighted by Crippen LogP contribution is 2.65. The number of carbonyl (C=O) groups is 1. The third-order valence-electron chi connectivity index (χ3n) is 8.54. The maximum atomic E-state index is 11.5. The molecule has 5 unspecified atom stereocenters. The van der Waals surface area contributed by atoms with Crippen LogP contribution in [-0.2, 0) is 26.0 Å². The number of fused-ring (bicyclic) bond motifs is 3. The molecular weight excluding hydrogens is 514 g/mol. The summed E-state index contributed by atoms with van der Waals surface area (Å²) in [4.78, 5) is 16.1. The minimum atomic E-state index is -3.01. The van der Waals surface area contributed by atoms with Crippen LogP contribution in [0.4, 0.5) is 0 Å². The van der Waals surface area contributed by atoms with Crippen LogP contribution < -0.4 is 4.74 Å². The first-order valence-electron chi connectivity index (χ1n) is 13.6. The number of aryl methyl sites for hydroxylation is 2. The SMILES string of the molecule is Cc1cc(OCCCS(C)(=O)=O)nc(C)c1-c1cccc(COC2=CC(C)C3C(=C2)CC2C(C(=O)O)C23)c1C. The number of ether oxygens (including phenoxy) is 2. The van der Waals surface area contributed by atoms with Crippen molar-refractivity contribution in [3.63, 3.8) is 0 Å². The molecule has 1 N–H and O–H groups in total. The first-order chi connectivity index (χ1) is 18.4. The summed E-state index contributed by atoms with van der Waals surface area (Å²) in [6, 6.07) is 8.13. The molecule has 208 valence electrons. The fourth-order valence-electron chi connectivity index (χ4n) is 6.73. The lowest BCUT2D eigenvalue weighted by molar-refractivity contribution is -0.139. The number of hydrogen-bond donors (Lipinski definition) is 1. The molecule has 0 bridgehead atoms. The number of aliphatic carboxylic acids is 1. The van der Waals surface area contributed by atoms with Crippen LogP contribution in [0.5, 0.6) is 5.88 Å². The second kappa shape index (κ2) is 10.5. The number of rotatable bonds is 10. The van der Waals surface area contributed by atoms with Gasteiger partial charge in [-0.05, 0) is 91.7 Å². The molecule has 0 radical (unpaired) electrons. The topological polar surface area (TPSA) is 103 Å². The Kier molecular flexibility index (Phi) is 7.35. The number of pyridine rings is 1. The number of hydrogen-bond acceptors (Lipinski definition) is 6. The molecule has 3 aliphatic rings. The van der Waals surface area contributed by atoms with Gasteiger partial charge in [0.25, 0.3) is 0 Å². The summed E-state index contributed by atoms with van der Waals surface area (Å²) < 4.78 is 34.7. The van der Waals surface area contributed by atoms with Crippen LogP contribution in [-0.4, -0.2) is 43.1 Å². The predicted molar refractivity (Wildman–Crippen MR) is 150 cm³/mol. The molecule has 8 heteroatoms. The molecule has 7 nitrogen and oxygen atoms in total. The number of aromatic nitrogens is 1. The fraction of sp³-hybridized carbons (Fsp3) is 0.484. The van der Waals surface area contributed by atoms with Crippen molar-refractivity contribution < 1.29 is 27.8 Å². The van der Waals surface area contributed by atoms with Crippen LogP contribution >= 0.6 is 0 Å². The van der Waals surface area contributed by atoms with E-state index in [4.69, 9.17) is 9.47 Å². The van der Waals surface area contributed by atoms with E-state index in [9.17, 15) is 18.3 Å². The Bertz CT molecular complexity index is 1450. The van der Waals surface area contributed by atoms with Gasteiger partial charge in [-0.3, -0.25) is 4.79 Å².